The zero-order valence-corrected chi connectivity index (χ0v) is 16.4. The molecule has 1 atom stereocenters. The van der Waals surface area contributed by atoms with Crippen LogP contribution < -0.4 is 9.47 Å². The lowest BCUT2D eigenvalue weighted by Gasteiger charge is -2.24. The van der Waals surface area contributed by atoms with E-state index in [1.165, 1.54) is 26.2 Å². The lowest BCUT2D eigenvalue weighted by atomic mass is 9.97. The molecular formula is C21H22N2O6. The van der Waals surface area contributed by atoms with Gasteiger partial charge in [0.15, 0.2) is 0 Å². The number of carbonyl (C=O) groups is 2. The highest BCUT2D eigenvalue weighted by Crippen LogP contribution is 2.40. The van der Waals surface area contributed by atoms with Crippen molar-refractivity contribution in [2.75, 3.05) is 34.5 Å². The van der Waals surface area contributed by atoms with Crippen LogP contribution in [0.25, 0.3) is 5.76 Å². The van der Waals surface area contributed by atoms with Gasteiger partial charge in [-0.3, -0.25) is 14.6 Å². The molecule has 8 nitrogen and oxygen atoms in total. The molecule has 0 saturated carbocycles. The molecule has 1 amide bonds. The Bertz CT molecular complexity index is 941. The van der Waals surface area contributed by atoms with Crippen LogP contribution in [0.1, 0.15) is 17.3 Å². The van der Waals surface area contributed by atoms with Gasteiger partial charge in [-0.25, -0.2) is 0 Å². The normalized spacial score (nSPS) is 18.2. The number of aromatic nitrogens is 1. The zero-order valence-electron chi connectivity index (χ0n) is 16.4. The van der Waals surface area contributed by atoms with E-state index in [1.54, 1.807) is 42.6 Å². The second kappa shape index (κ2) is 8.74. The summed E-state index contributed by atoms with van der Waals surface area (Å²) in [5, 5.41) is 11.1. The number of ketones is 1. The Kier molecular flexibility index (Phi) is 6.13. The number of pyridine rings is 1. The van der Waals surface area contributed by atoms with Crippen molar-refractivity contribution < 1.29 is 28.9 Å². The van der Waals surface area contributed by atoms with Crippen molar-refractivity contribution in [3.8, 4) is 11.5 Å². The number of Topliss-reactive ketones (excluding diaryl/α,β-unsaturated/α-hetero) is 1. The summed E-state index contributed by atoms with van der Waals surface area (Å²) in [6, 6.07) is 9.18. The van der Waals surface area contributed by atoms with E-state index in [9.17, 15) is 14.7 Å². The number of carbonyl (C=O) groups excluding carboxylic acids is 2. The molecule has 0 aliphatic carbocycles. The molecule has 8 heteroatoms. The molecule has 1 unspecified atom stereocenters. The summed E-state index contributed by atoms with van der Waals surface area (Å²) in [6.45, 7) is 0.410. The number of ether oxygens (including phenoxy) is 3. The molecule has 0 radical (unpaired) electrons. The highest BCUT2D eigenvalue weighted by atomic mass is 16.5. The number of nitrogens with zero attached hydrogens (tertiary/aromatic N) is 2. The fourth-order valence-corrected chi connectivity index (χ4v) is 3.29. The molecule has 29 heavy (non-hydrogen) atoms. The van der Waals surface area contributed by atoms with Crippen LogP contribution in [0, 0.1) is 0 Å². The van der Waals surface area contributed by atoms with Gasteiger partial charge in [0.05, 0.1) is 37.7 Å². The number of rotatable bonds is 7. The van der Waals surface area contributed by atoms with Crippen LogP contribution in [-0.4, -0.2) is 61.2 Å². The number of benzene rings is 1. The molecule has 1 aliphatic heterocycles. The van der Waals surface area contributed by atoms with E-state index in [4.69, 9.17) is 14.2 Å². The van der Waals surface area contributed by atoms with Gasteiger partial charge in [0.2, 0.25) is 0 Å². The van der Waals surface area contributed by atoms with Gasteiger partial charge in [-0.2, -0.15) is 0 Å². The fourth-order valence-electron chi connectivity index (χ4n) is 3.29. The Morgan fingerprint density at radius 3 is 2.55 bits per heavy atom. The lowest BCUT2D eigenvalue weighted by Crippen LogP contribution is -2.33. The van der Waals surface area contributed by atoms with Crippen LogP contribution in [0.2, 0.25) is 0 Å². The number of likely N-dealkylation sites (tertiary alicyclic amines) is 1. The summed E-state index contributed by atoms with van der Waals surface area (Å²) in [4.78, 5) is 31.2. The van der Waals surface area contributed by atoms with Crippen molar-refractivity contribution in [2.45, 2.75) is 6.04 Å². The second-order valence-electron chi connectivity index (χ2n) is 6.31. The summed E-state index contributed by atoms with van der Waals surface area (Å²) in [7, 11) is 4.45. The third-order valence-corrected chi connectivity index (χ3v) is 4.71. The van der Waals surface area contributed by atoms with E-state index in [1.807, 2.05) is 0 Å². The molecule has 0 bridgehead atoms. The van der Waals surface area contributed by atoms with Gasteiger partial charge in [-0.05, 0) is 30.3 Å². The van der Waals surface area contributed by atoms with Crippen molar-refractivity contribution in [1.29, 1.82) is 0 Å². The molecule has 1 N–H and O–H groups in total. The minimum absolute atomic E-state index is 0.0589. The molecule has 3 rings (SSSR count). The average molecular weight is 398 g/mol. The van der Waals surface area contributed by atoms with Crippen molar-refractivity contribution in [2.24, 2.45) is 0 Å². The maximum absolute atomic E-state index is 12.9. The zero-order chi connectivity index (χ0) is 21.0. The van der Waals surface area contributed by atoms with E-state index in [0.29, 0.717) is 17.2 Å². The van der Waals surface area contributed by atoms with Gasteiger partial charge >= 0.3 is 0 Å². The van der Waals surface area contributed by atoms with Crippen molar-refractivity contribution in [3.63, 3.8) is 0 Å². The minimum Gasteiger partial charge on any atom is -0.507 e. The van der Waals surface area contributed by atoms with Gasteiger partial charge in [0, 0.05) is 19.9 Å². The molecule has 1 aromatic carbocycles. The highest BCUT2D eigenvalue weighted by molar-refractivity contribution is 6.46. The Balaban J connectivity index is 2.21. The molecule has 2 aromatic rings. The number of aliphatic hydroxyl groups is 1. The van der Waals surface area contributed by atoms with Gasteiger partial charge in [0.1, 0.15) is 23.3 Å². The topological polar surface area (TPSA) is 98.2 Å². The first kappa shape index (κ1) is 20.3. The highest BCUT2D eigenvalue weighted by Gasteiger charge is 2.46. The maximum atomic E-state index is 12.9. The number of methoxy groups -OCH3 is 3. The van der Waals surface area contributed by atoms with E-state index >= 15 is 0 Å². The van der Waals surface area contributed by atoms with Gasteiger partial charge in [0.25, 0.3) is 11.7 Å². The van der Waals surface area contributed by atoms with Crippen LogP contribution in [0.15, 0.2) is 48.2 Å². The third kappa shape index (κ3) is 3.79. The SMILES string of the molecule is COCCN1C(=O)C(=O)/C(=C(/O)c2cc(OC)ccc2OC)C1c1ccccn1. The van der Waals surface area contributed by atoms with E-state index < -0.39 is 17.7 Å². The first-order valence-electron chi connectivity index (χ1n) is 8.94. The third-order valence-electron chi connectivity index (χ3n) is 4.71. The number of hydrogen-bond donors (Lipinski definition) is 1. The quantitative estimate of drug-likeness (QED) is 0.434. The first-order chi connectivity index (χ1) is 14.0. The molecule has 0 spiro atoms. The summed E-state index contributed by atoms with van der Waals surface area (Å²) in [6.07, 6.45) is 1.57. The maximum Gasteiger partial charge on any atom is 0.295 e. The van der Waals surface area contributed by atoms with Crippen LogP contribution in [0.4, 0.5) is 0 Å². The summed E-state index contributed by atoms with van der Waals surface area (Å²) >= 11 is 0. The molecule has 1 fully saturated rings. The number of amides is 1. The summed E-state index contributed by atoms with van der Waals surface area (Å²) in [5.74, 6) is -1.06. The smallest absolute Gasteiger partial charge is 0.295 e. The minimum atomic E-state index is -0.845. The molecule has 152 valence electrons. The summed E-state index contributed by atoms with van der Waals surface area (Å²) < 4.78 is 15.6. The van der Waals surface area contributed by atoms with Crippen LogP contribution in [0.3, 0.4) is 0 Å². The first-order valence-corrected chi connectivity index (χ1v) is 8.94. The van der Waals surface area contributed by atoms with E-state index in [-0.39, 0.29) is 30.0 Å². The van der Waals surface area contributed by atoms with Gasteiger partial charge < -0.3 is 24.2 Å². The Labute approximate surface area is 168 Å². The second-order valence-corrected chi connectivity index (χ2v) is 6.31. The summed E-state index contributed by atoms with van der Waals surface area (Å²) in [5.41, 5.74) is 0.653. The van der Waals surface area contributed by atoms with Crippen LogP contribution in [-0.2, 0) is 14.3 Å². The monoisotopic (exact) mass is 398 g/mol. The lowest BCUT2D eigenvalue weighted by molar-refractivity contribution is -0.140. The molecular weight excluding hydrogens is 376 g/mol. The Hall–Kier alpha value is -3.39. The van der Waals surface area contributed by atoms with Crippen molar-refractivity contribution in [1.82, 2.24) is 9.88 Å². The number of hydrogen-bond acceptors (Lipinski definition) is 7. The van der Waals surface area contributed by atoms with Crippen molar-refractivity contribution >= 4 is 17.4 Å². The molecule has 2 heterocycles. The standard InChI is InChI=1S/C21H22N2O6/c1-27-11-10-23-18(15-6-4-5-9-22-15)17(20(25)21(23)26)19(24)14-12-13(28-2)7-8-16(14)29-3/h4-9,12,18,24H,10-11H2,1-3H3/b19-17+. The number of aliphatic hydroxyl groups excluding tert-OH is 1. The average Bonchev–Trinajstić information content (AvgIpc) is 3.02. The molecule has 1 saturated heterocycles. The van der Waals surface area contributed by atoms with Crippen molar-refractivity contribution in [3.05, 3.63) is 59.4 Å². The molecule has 1 aliphatic rings. The predicted octanol–water partition coefficient (Wildman–Crippen LogP) is 2.17. The van der Waals surface area contributed by atoms with Gasteiger partial charge in [-0.15, -0.1) is 0 Å². The Morgan fingerprint density at radius 1 is 1.14 bits per heavy atom. The molecule has 1 aromatic heterocycles. The Morgan fingerprint density at radius 2 is 1.93 bits per heavy atom. The van der Waals surface area contributed by atoms with Crippen LogP contribution >= 0.6 is 0 Å². The fraction of sp³-hybridized carbons (Fsp3) is 0.286. The largest absolute Gasteiger partial charge is 0.507 e. The predicted molar refractivity (Wildman–Crippen MR) is 105 cm³/mol. The van der Waals surface area contributed by atoms with E-state index in [2.05, 4.69) is 4.98 Å². The van der Waals surface area contributed by atoms with Crippen LogP contribution in [0.5, 0.6) is 11.5 Å². The van der Waals surface area contributed by atoms with Gasteiger partial charge in [-0.1, -0.05) is 6.07 Å². The van der Waals surface area contributed by atoms with E-state index in [0.717, 1.165) is 0 Å².